The monoisotopic (exact) mass is 254 g/mol. The molecule has 1 aromatic heterocycles. The molecule has 0 radical (unpaired) electrons. The SMILES string of the molecule is Cn1[nH]c(C2CCOCC2)c(CCC(=O)O)c1=O. The minimum absolute atomic E-state index is 0.0106. The topological polar surface area (TPSA) is 84.3 Å². The number of carboxylic acid groups (broad SMARTS) is 1. The zero-order chi connectivity index (χ0) is 13.1. The number of carboxylic acids is 1. The predicted molar refractivity (Wildman–Crippen MR) is 64.8 cm³/mol. The van der Waals surface area contributed by atoms with Crippen molar-refractivity contribution in [3.05, 3.63) is 21.6 Å². The van der Waals surface area contributed by atoms with Gasteiger partial charge >= 0.3 is 5.97 Å². The third-order valence-electron chi connectivity index (χ3n) is 3.39. The van der Waals surface area contributed by atoms with Crippen LogP contribution in [-0.2, 0) is 23.0 Å². The number of carbonyl (C=O) groups is 1. The average molecular weight is 254 g/mol. The largest absolute Gasteiger partial charge is 0.481 e. The summed E-state index contributed by atoms with van der Waals surface area (Å²) in [6.45, 7) is 1.39. The quantitative estimate of drug-likeness (QED) is 0.825. The molecule has 18 heavy (non-hydrogen) atoms. The lowest BCUT2D eigenvalue weighted by Crippen LogP contribution is -2.18. The summed E-state index contributed by atoms with van der Waals surface area (Å²) in [6, 6.07) is 0. The minimum Gasteiger partial charge on any atom is -0.481 e. The molecule has 0 atom stereocenters. The summed E-state index contributed by atoms with van der Waals surface area (Å²) in [6.07, 6.45) is 2.03. The Morgan fingerprint density at radius 1 is 1.50 bits per heavy atom. The van der Waals surface area contributed by atoms with Crippen molar-refractivity contribution in [3.8, 4) is 0 Å². The van der Waals surface area contributed by atoms with Gasteiger partial charge in [-0.15, -0.1) is 0 Å². The zero-order valence-electron chi connectivity index (χ0n) is 10.4. The number of aromatic nitrogens is 2. The lowest BCUT2D eigenvalue weighted by atomic mass is 9.92. The fraction of sp³-hybridized carbons (Fsp3) is 0.667. The highest BCUT2D eigenvalue weighted by Crippen LogP contribution is 2.27. The summed E-state index contributed by atoms with van der Waals surface area (Å²) in [5, 5.41) is 11.8. The van der Waals surface area contributed by atoms with Gasteiger partial charge in [-0.1, -0.05) is 0 Å². The zero-order valence-corrected chi connectivity index (χ0v) is 10.4. The third kappa shape index (κ3) is 2.64. The Kier molecular flexibility index (Phi) is 3.86. The Morgan fingerprint density at radius 3 is 2.78 bits per heavy atom. The van der Waals surface area contributed by atoms with Crippen LogP contribution in [0.25, 0.3) is 0 Å². The first kappa shape index (κ1) is 12.9. The van der Waals surface area contributed by atoms with Crippen LogP contribution in [0.5, 0.6) is 0 Å². The molecule has 1 saturated heterocycles. The molecule has 6 nitrogen and oxygen atoms in total. The van der Waals surface area contributed by atoms with Crippen LogP contribution in [0.4, 0.5) is 0 Å². The van der Waals surface area contributed by atoms with Crippen molar-refractivity contribution < 1.29 is 14.6 Å². The van der Waals surface area contributed by atoms with Crippen molar-refractivity contribution in [1.29, 1.82) is 0 Å². The van der Waals surface area contributed by atoms with Gasteiger partial charge in [-0.3, -0.25) is 19.4 Å². The van der Waals surface area contributed by atoms with Crippen LogP contribution in [0, 0.1) is 0 Å². The van der Waals surface area contributed by atoms with Crippen LogP contribution < -0.4 is 5.56 Å². The molecule has 2 N–H and O–H groups in total. The molecule has 0 unspecified atom stereocenters. The fourth-order valence-electron chi connectivity index (χ4n) is 2.41. The maximum atomic E-state index is 12.0. The number of aryl methyl sites for hydroxylation is 1. The maximum Gasteiger partial charge on any atom is 0.303 e. The van der Waals surface area contributed by atoms with E-state index in [0.717, 1.165) is 18.5 Å². The molecule has 0 saturated carbocycles. The molecule has 0 spiro atoms. The molecular weight excluding hydrogens is 236 g/mol. The highest BCUT2D eigenvalue weighted by Gasteiger charge is 2.23. The van der Waals surface area contributed by atoms with E-state index in [1.807, 2.05) is 0 Å². The summed E-state index contributed by atoms with van der Waals surface area (Å²) in [4.78, 5) is 22.6. The summed E-state index contributed by atoms with van der Waals surface area (Å²) < 4.78 is 6.74. The van der Waals surface area contributed by atoms with Gasteiger partial charge in [0, 0.05) is 43.9 Å². The molecule has 2 rings (SSSR count). The van der Waals surface area contributed by atoms with Gasteiger partial charge < -0.3 is 9.84 Å². The first-order chi connectivity index (χ1) is 8.59. The number of hydrogen-bond donors (Lipinski definition) is 2. The molecule has 1 aliphatic rings. The van der Waals surface area contributed by atoms with Crippen molar-refractivity contribution in [2.75, 3.05) is 13.2 Å². The van der Waals surface area contributed by atoms with E-state index in [2.05, 4.69) is 5.10 Å². The van der Waals surface area contributed by atoms with Crippen molar-refractivity contribution >= 4 is 5.97 Å². The molecule has 2 heterocycles. The van der Waals surface area contributed by atoms with Gasteiger partial charge in [-0.25, -0.2) is 0 Å². The summed E-state index contributed by atoms with van der Waals surface area (Å²) in [5.41, 5.74) is 1.40. The molecule has 1 aliphatic heterocycles. The molecular formula is C12H18N2O4. The lowest BCUT2D eigenvalue weighted by Gasteiger charge is -2.21. The molecule has 100 valence electrons. The summed E-state index contributed by atoms with van der Waals surface area (Å²) in [5.74, 6) is -0.604. The first-order valence-electron chi connectivity index (χ1n) is 6.17. The van der Waals surface area contributed by atoms with Crippen LogP contribution in [-0.4, -0.2) is 34.1 Å². The van der Waals surface area contributed by atoms with Gasteiger partial charge in [0.25, 0.3) is 5.56 Å². The van der Waals surface area contributed by atoms with Crippen LogP contribution in [0.2, 0.25) is 0 Å². The van der Waals surface area contributed by atoms with Gasteiger partial charge in [-0.2, -0.15) is 0 Å². The molecule has 6 heteroatoms. The second kappa shape index (κ2) is 5.39. The van der Waals surface area contributed by atoms with Gasteiger partial charge in [0.15, 0.2) is 0 Å². The Labute approximate surface area is 105 Å². The number of ether oxygens (including phenoxy) is 1. The van der Waals surface area contributed by atoms with E-state index in [1.165, 1.54) is 4.68 Å². The number of nitrogens with zero attached hydrogens (tertiary/aromatic N) is 1. The van der Waals surface area contributed by atoms with E-state index >= 15 is 0 Å². The second-order valence-corrected chi connectivity index (χ2v) is 4.65. The highest BCUT2D eigenvalue weighted by atomic mass is 16.5. The van der Waals surface area contributed by atoms with Crippen LogP contribution >= 0.6 is 0 Å². The van der Waals surface area contributed by atoms with E-state index in [-0.39, 0.29) is 24.3 Å². The van der Waals surface area contributed by atoms with E-state index in [1.54, 1.807) is 7.05 Å². The highest BCUT2D eigenvalue weighted by molar-refractivity contribution is 5.67. The number of rotatable bonds is 4. The third-order valence-corrected chi connectivity index (χ3v) is 3.39. The number of aliphatic carboxylic acids is 1. The number of hydrogen-bond acceptors (Lipinski definition) is 3. The fourth-order valence-corrected chi connectivity index (χ4v) is 2.41. The Bertz CT molecular complexity index is 483. The Hall–Kier alpha value is -1.56. The molecule has 0 amide bonds. The molecule has 0 bridgehead atoms. The van der Waals surface area contributed by atoms with E-state index in [0.29, 0.717) is 18.8 Å². The van der Waals surface area contributed by atoms with Crippen LogP contribution in [0.1, 0.15) is 36.4 Å². The Balaban J connectivity index is 2.25. The molecule has 0 aromatic carbocycles. The predicted octanol–water partition coefficient (Wildman–Crippen LogP) is 0.625. The molecule has 0 aliphatic carbocycles. The van der Waals surface area contributed by atoms with E-state index in [4.69, 9.17) is 9.84 Å². The van der Waals surface area contributed by atoms with Crippen molar-refractivity contribution in [2.24, 2.45) is 7.05 Å². The smallest absolute Gasteiger partial charge is 0.303 e. The summed E-state index contributed by atoms with van der Waals surface area (Å²) >= 11 is 0. The molecule has 1 aromatic rings. The number of H-pyrrole nitrogens is 1. The normalized spacial score (nSPS) is 16.9. The van der Waals surface area contributed by atoms with E-state index in [9.17, 15) is 9.59 Å². The van der Waals surface area contributed by atoms with Gasteiger partial charge in [-0.05, 0) is 19.3 Å². The maximum absolute atomic E-state index is 12.0. The molecule has 1 fully saturated rings. The number of nitrogens with one attached hydrogen (secondary N) is 1. The standard InChI is InChI=1S/C12H18N2O4/c1-14-12(17)9(2-3-10(15)16)11(13-14)8-4-6-18-7-5-8/h8,13H,2-7H2,1H3,(H,15,16). The van der Waals surface area contributed by atoms with Gasteiger partial charge in [0.1, 0.15) is 0 Å². The van der Waals surface area contributed by atoms with Gasteiger partial charge in [0.05, 0.1) is 0 Å². The number of aromatic amines is 1. The second-order valence-electron chi connectivity index (χ2n) is 4.65. The Morgan fingerprint density at radius 2 is 2.17 bits per heavy atom. The van der Waals surface area contributed by atoms with E-state index < -0.39 is 5.97 Å². The van der Waals surface area contributed by atoms with Crippen molar-refractivity contribution in [1.82, 2.24) is 9.78 Å². The van der Waals surface area contributed by atoms with Crippen LogP contribution in [0.15, 0.2) is 4.79 Å². The lowest BCUT2D eigenvalue weighted by molar-refractivity contribution is -0.136. The van der Waals surface area contributed by atoms with Crippen molar-refractivity contribution in [3.63, 3.8) is 0 Å². The minimum atomic E-state index is -0.879. The van der Waals surface area contributed by atoms with Crippen LogP contribution in [0.3, 0.4) is 0 Å². The summed E-state index contributed by atoms with van der Waals surface area (Å²) in [7, 11) is 1.66. The van der Waals surface area contributed by atoms with Crippen molar-refractivity contribution in [2.45, 2.75) is 31.6 Å². The first-order valence-corrected chi connectivity index (χ1v) is 6.17. The van der Waals surface area contributed by atoms with Gasteiger partial charge in [0.2, 0.25) is 0 Å². The average Bonchev–Trinajstić information content (AvgIpc) is 2.64.